The van der Waals surface area contributed by atoms with Crippen molar-refractivity contribution in [2.45, 2.75) is 32.4 Å². The Morgan fingerprint density at radius 2 is 1.91 bits per heavy atom. The van der Waals surface area contributed by atoms with Gasteiger partial charge in [-0.1, -0.05) is 0 Å². The molecule has 11 nitrogen and oxygen atoms in total. The number of nitrogens with zero attached hydrogens (tertiary/aromatic N) is 2. The summed E-state index contributed by atoms with van der Waals surface area (Å²) in [6.45, 7) is 5.48. The third-order valence-corrected chi connectivity index (χ3v) is 5.68. The fourth-order valence-corrected chi connectivity index (χ4v) is 4.16. The number of nitrogens with one attached hydrogen (secondary N) is 1. The monoisotopic (exact) mass is 485 g/mol. The standard InChI is InChI=1S/C22H23N5O6S/c1-22(2,3)25-20(29)17(13-5-4-8-31-13)27(11-6-7-12-14(9-11)33-10-32-12)21(30)18-15(23)16(19(24)28)26-34-18/h4-9,17H,10,23H2,1-3H3,(H2,24,28)(H,25,29). The first-order chi connectivity index (χ1) is 16.1. The molecule has 0 saturated carbocycles. The van der Waals surface area contributed by atoms with Crippen molar-refractivity contribution in [3.63, 3.8) is 0 Å². The van der Waals surface area contributed by atoms with Gasteiger partial charge in [0.15, 0.2) is 23.2 Å². The van der Waals surface area contributed by atoms with Gasteiger partial charge in [-0.2, -0.15) is 4.37 Å². The molecule has 3 amide bonds. The van der Waals surface area contributed by atoms with Crippen LogP contribution in [0.15, 0.2) is 41.0 Å². The zero-order valence-corrected chi connectivity index (χ0v) is 19.5. The van der Waals surface area contributed by atoms with Crippen molar-refractivity contribution in [3.05, 3.63) is 52.9 Å². The van der Waals surface area contributed by atoms with Gasteiger partial charge in [-0.3, -0.25) is 19.3 Å². The number of furan rings is 1. The Kier molecular flexibility index (Phi) is 5.92. The molecule has 0 radical (unpaired) electrons. The number of hydrogen-bond acceptors (Lipinski definition) is 9. The summed E-state index contributed by atoms with van der Waals surface area (Å²) in [6.07, 6.45) is 1.40. The van der Waals surface area contributed by atoms with E-state index in [0.29, 0.717) is 28.7 Å². The number of nitrogen functional groups attached to an aromatic ring is 1. The van der Waals surface area contributed by atoms with E-state index in [-0.39, 0.29) is 28.8 Å². The molecule has 0 fully saturated rings. The van der Waals surface area contributed by atoms with E-state index in [4.69, 9.17) is 25.4 Å². The fourth-order valence-electron chi connectivity index (χ4n) is 3.42. The highest BCUT2D eigenvalue weighted by Gasteiger charge is 2.39. The van der Waals surface area contributed by atoms with Crippen LogP contribution in [0.3, 0.4) is 0 Å². The molecule has 0 bridgehead atoms. The second-order valence-electron chi connectivity index (χ2n) is 8.51. The van der Waals surface area contributed by atoms with Gasteiger partial charge in [0.2, 0.25) is 6.79 Å². The minimum atomic E-state index is -1.22. The lowest BCUT2D eigenvalue weighted by Gasteiger charge is -2.32. The molecule has 1 aliphatic heterocycles. The van der Waals surface area contributed by atoms with E-state index in [1.54, 1.807) is 30.3 Å². The molecule has 1 aliphatic rings. The van der Waals surface area contributed by atoms with Crippen molar-refractivity contribution in [2.24, 2.45) is 5.73 Å². The molecular formula is C22H23N5O6S. The average molecular weight is 486 g/mol. The topological polar surface area (TPSA) is 163 Å². The van der Waals surface area contributed by atoms with Gasteiger partial charge in [0, 0.05) is 17.3 Å². The Bertz CT molecular complexity index is 1250. The number of carbonyl (C=O) groups is 3. The summed E-state index contributed by atoms with van der Waals surface area (Å²) >= 11 is 0.715. The van der Waals surface area contributed by atoms with Crippen LogP contribution in [0.1, 0.15) is 52.7 Å². The number of anilines is 2. The maximum Gasteiger partial charge on any atom is 0.273 e. The molecule has 5 N–H and O–H groups in total. The number of ether oxygens (including phenoxy) is 2. The molecule has 3 aromatic rings. The van der Waals surface area contributed by atoms with Crippen LogP contribution in [0.2, 0.25) is 0 Å². The number of rotatable bonds is 6. The Morgan fingerprint density at radius 1 is 1.18 bits per heavy atom. The molecule has 1 unspecified atom stereocenters. The zero-order chi connectivity index (χ0) is 24.6. The first-order valence-electron chi connectivity index (χ1n) is 10.2. The third-order valence-electron chi connectivity index (χ3n) is 4.83. The molecule has 1 atom stereocenters. The van der Waals surface area contributed by atoms with Crippen LogP contribution in [0.25, 0.3) is 0 Å². The molecule has 1 aromatic carbocycles. The van der Waals surface area contributed by atoms with E-state index >= 15 is 0 Å². The summed E-state index contributed by atoms with van der Waals surface area (Å²) in [7, 11) is 0. The number of hydrogen-bond donors (Lipinski definition) is 3. The molecule has 0 spiro atoms. The number of aromatic nitrogens is 1. The molecule has 0 saturated heterocycles. The minimum Gasteiger partial charge on any atom is -0.467 e. The predicted molar refractivity (Wildman–Crippen MR) is 124 cm³/mol. The number of amides is 3. The van der Waals surface area contributed by atoms with Gasteiger partial charge >= 0.3 is 0 Å². The lowest BCUT2D eigenvalue weighted by atomic mass is 10.0. The zero-order valence-electron chi connectivity index (χ0n) is 18.7. The van der Waals surface area contributed by atoms with Crippen LogP contribution in [0.5, 0.6) is 11.5 Å². The molecular weight excluding hydrogens is 462 g/mol. The molecule has 4 rings (SSSR count). The lowest BCUT2D eigenvalue weighted by molar-refractivity contribution is -0.124. The molecule has 178 valence electrons. The Labute approximate surface area is 198 Å². The minimum absolute atomic E-state index is 0.0304. The maximum absolute atomic E-state index is 13.9. The van der Waals surface area contributed by atoms with Gasteiger partial charge in [0.1, 0.15) is 10.6 Å². The molecule has 2 aromatic heterocycles. The van der Waals surface area contributed by atoms with E-state index in [2.05, 4.69) is 9.69 Å². The fraction of sp³-hybridized carbons (Fsp3) is 0.273. The van der Waals surface area contributed by atoms with Crippen LogP contribution >= 0.6 is 11.5 Å². The predicted octanol–water partition coefficient (Wildman–Crippen LogP) is 2.45. The maximum atomic E-state index is 13.9. The van der Waals surface area contributed by atoms with Gasteiger partial charge in [-0.25, -0.2) is 0 Å². The van der Waals surface area contributed by atoms with Crippen molar-refractivity contribution in [2.75, 3.05) is 17.4 Å². The van der Waals surface area contributed by atoms with Crippen LogP contribution in [0, 0.1) is 0 Å². The normalized spacial score (nSPS) is 13.4. The molecule has 12 heteroatoms. The Hall–Kier alpha value is -4.06. The summed E-state index contributed by atoms with van der Waals surface area (Å²) in [4.78, 5) is 40.2. The van der Waals surface area contributed by atoms with E-state index < -0.39 is 29.3 Å². The van der Waals surface area contributed by atoms with E-state index in [1.807, 2.05) is 20.8 Å². The number of nitrogens with two attached hydrogens (primary N) is 2. The quantitative estimate of drug-likeness (QED) is 0.479. The largest absolute Gasteiger partial charge is 0.467 e. The summed E-state index contributed by atoms with van der Waals surface area (Å²) in [6, 6.07) is 6.79. The lowest BCUT2D eigenvalue weighted by Crippen LogP contribution is -2.49. The summed E-state index contributed by atoms with van der Waals surface area (Å²) in [5.41, 5.74) is 10.7. The first kappa shape index (κ1) is 23.1. The van der Waals surface area contributed by atoms with Gasteiger partial charge < -0.3 is 30.7 Å². The molecule has 34 heavy (non-hydrogen) atoms. The van der Waals surface area contributed by atoms with E-state index in [0.717, 1.165) is 0 Å². The highest BCUT2D eigenvalue weighted by atomic mass is 32.1. The highest BCUT2D eigenvalue weighted by molar-refractivity contribution is 7.09. The van der Waals surface area contributed by atoms with Gasteiger partial charge in [-0.05, 0) is 56.6 Å². The van der Waals surface area contributed by atoms with Crippen LogP contribution in [-0.4, -0.2) is 34.4 Å². The van der Waals surface area contributed by atoms with Gasteiger partial charge in [0.25, 0.3) is 17.7 Å². The van der Waals surface area contributed by atoms with Crippen molar-refractivity contribution in [1.82, 2.24) is 9.69 Å². The van der Waals surface area contributed by atoms with Crippen molar-refractivity contribution < 1.29 is 28.3 Å². The van der Waals surface area contributed by atoms with Crippen LogP contribution in [-0.2, 0) is 4.79 Å². The van der Waals surface area contributed by atoms with Crippen molar-refractivity contribution in [1.29, 1.82) is 0 Å². The summed E-state index contributed by atoms with van der Waals surface area (Å²) in [5.74, 6) is -0.919. The highest BCUT2D eigenvalue weighted by Crippen LogP contribution is 2.39. The Balaban J connectivity index is 1.88. The average Bonchev–Trinajstić information content (AvgIpc) is 3.50. The number of carbonyl (C=O) groups excluding carboxylic acids is 3. The SMILES string of the molecule is CC(C)(C)NC(=O)C(c1ccco1)N(C(=O)c1snc(C(N)=O)c1N)c1ccc2c(c1)OCO2. The van der Waals surface area contributed by atoms with Crippen molar-refractivity contribution in [3.8, 4) is 11.5 Å². The van der Waals surface area contributed by atoms with Crippen molar-refractivity contribution >= 4 is 40.6 Å². The van der Waals surface area contributed by atoms with E-state index in [9.17, 15) is 14.4 Å². The molecule has 0 aliphatic carbocycles. The first-order valence-corrected chi connectivity index (χ1v) is 11.0. The number of benzene rings is 1. The van der Waals surface area contributed by atoms with Crippen LogP contribution in [0.4, 0.5) is 11.4 Å². The second-order valence-corrected chi connectivity index (χ2v) is 9.28. The Morgan fingerprint density at radius 3 is 2.53 bits per heavy atom. The third kappa shape index (κ3) is 4.39. The van der Waals surface area contributed by atoms with Gasteiger partial charge in [0.05, 0.1) is 12.0 Å². The second kappa shape index (κ2) is 8.71. The van der Waals surface area contributed by atoms with Gasteiger partial charge in [-0.15, -0.1) is 0 Å². The number of primary amides is 1. The summed E-state index contributed by atoms with van der Waals surface area (Å²) < 4.78 is 20.3. The molecule has 3 heterocycles. The van der Waals surface area contributed by atoms with Crippen LogP contribution < -0.4 is 31.2 Å². The summed E-state index contributed by atoms with van der Waals surface area (Å²) in [5, 5.41) is 2.89. The number of fused-ring (bicyclic) bond motifs is 1. The smallest absolute Gasteiger partial charge is 0.273 e. The van der Waals surface area contributed by atoms with E-state index in [1.165, 1.54) is 11.2 Å².